The highest BCUT2D eigenvalue weighted by atomic mass is 79.9. The first-order chi connectivity index (χ1) is 9.35. The Labute approximate surface area is 126 Å². The SMILES string of the molecule is CCC(CNC(=O)Nc1cc(C)c(Br)c(C)c1)C(=O)O. The van der Waals surface area contributed by atoms with Crippen molar-refractivity contribution in [3.05, 3.63) is 27.7 Å². The molecule has 0 fully saturated rings. The van der Waals surface area contributed by atoms with E-state index in [9.17, 15) is 9.59 Å². The van der Waals surface area contributed by atoms with Gasteiger partial charge in [0.05, 0.1) is 5.92 Å². The first-order valence-electron chi connectivity index (χ1n) is 6.39. The Morgan fingerprint density at radius 3 is 2.30 bits per heavy atom. The topological polar surface area (TPSA) is 78.4 Å². The monoisotopic (exact) mass is 342 g/mol. The molecule has 0 heterocycles. The summed E-state index contributed by atoms with van der Waals surface area (Å²) in [4.78, 5) is 22.6. The van der Waals surface area contributed by atoms with Crippen LogP contribution in [0, 0.1) is 19.8 Å². The van der Waals surface area contributed by atoms with Gasteiger partial charge in [-0.3, -0.25) is 4.79 Å². The summed E-state index contributed by atoms with van der Waals surface area (Å²) in [6, 6.07) is 3.31. The minimum Gasteiger partial charge on any atom is -0.481 e. The van der Waals surface area contributed by atoms with E-state index in [2.05, 4.69) is 26.6 Å². The molecule has 0 spiro atoms. The van der Waals surface area contributed by atoms with E-state index in [-0.39, 0.29) is 6.54 Å². The molecule has 0 saturated heterocycles. The summed E-state index contributed by atoms with van der Waals surface area (Å²) in [6.45, 7) is 5.78. The molecule has 0 aliphatic rings. The van der Waals surface area contributed by atoms with E-state index in [4.69, 9.17) is 5.11 Å². The Balaban J connectivity index is 2.61. The van der Waals surface area contributed by atoms with E-state index in [1.807, 2.05) is 26.0 Å². The van der Waals surface area contributed by atoms with Crippen molar-refractivity contribution in [2.45, 2.75) is 27.2 Å². The average molecular weight is 343 g/mol. The molecule has 20 heavy (non-hydrogen) atoms. The molecule has 3 N–H and O–H groups in total. The Morgan fingerprint density at radius 1 is 1.30 bits per heavy atom. The highest BCUT2D eigenvalue weighted by Gasteiger charge is 2.16. The standard InChI is InChI=1S/C14H19BrN2O3/c1-4-10(13(18)19)7-16-14(20)17-11-5-8(2)12(15)9(3)6-11/h5-6,10H,4,7H2,1-3H3,(H,18,19)(H2,16,17,20). The summed E-state index contributed by atoms with van der Waals surface area (Å²) in [5, 5.41) is 14.2. The van der Waals surface area contributed by atoms with Crippen LogP contribution >= 0.6 is 15.9 Å². The summed E-state index contributed by atoms with van der Waals surface area (Å²) < 4.78 is 1.01. The molecule has 1 rings (SSSR count). The second-order valence-corrected chi connectivity index (χ2v) is 5.50. The maximum absolute atomic E-state index is 11.7. The minimum atomic E-state index is -0.900. The summed E-state index contributed by atoms with van der Waals surface area (Å²) in [7, 11) is 0. The van der Waals surface area contributed by atoms with Crippen molar-refractivity contribution in [2.75, 3.05) is 11.9 Å². The van der Waals surface area contributed by atoms with Crippen molar-refractivity contribution >= 4 is 33.6 Å². The summed E-state index contributed by atoms with van der Waals surface area (Å²) >= 11 is 3.46. The van der Waals surface area contributed by atoms with Gasteiger partial charge in [-0.15, -0.1) is 0 Å². The van der Waals surface area contributed by atoms with Crippen LogP contribution in [0.15, 0.2) is 16.6 Å². The molecule has 1 atom stereocenters. The Morgan fingerprint density at radius 2 is 1.85 bits per heavy atom. The number of hydrogen-bond acceptors (Lipinski definition) is 2. The predicted octanol–water partition coefficient (Wildman–Crippen LogP) is 3.30. The van der Waals surface area contributed by atoms with Gasteiger partial charge >= 0.3 is 12.0 Å². The van der Waals surface area contributed by atoms with Crippen LogP contribution in [0.4, 0.5) is 10.5 Å². The number of aryl methyl sites for hydroxylation is 2. The van der Waals surface area contributed by atoms with Crippen LogP contribution in [0.25, 0.3) is 0 Å². The van der Waals surface area contributed by atoms with Crippen LogP contribution in [-0.2, 0) is 4.79 Å². The fourth-order valence-corrected chi connectivity index (χ4v) is 2.04. The maximum atomic E-state index is 11.7. The normalized spacial score (nSPS) is 11.8. The minimum absolute atomic E-state index is 0.117. The van der Waals surface area contributed by atoms with Crippen molar-refractivity contribution in [3.8, 4) is 0 Å². The van der Waals surface area contributed by atoms with Gasteiger partial charge in [0.2, 0.25) is 0 Å². The number of carbonyl (C=O) groups is 2. The maximum Gasteiger partial charge on any atom is 0.319 e. The summed E-state index contributed by atoms with van der Waals surface area (Å²) in [6.07, 6.45) is 0.478. The molecule has 6 heteroatoms. The lowest BCUT2D eigenvalue weighted by molar-refractivity contribution is -0.141. The van der Waals surface area contributed by atoms with Crippen LogP contribution in [0.2, 0.25) is 0 Å². The Hall–Kier alpha value is -1.56. The molecule has 110 valence electrons. The largest absolute Gasteiger partial charge is 0.481 e. The van der Waals surface area contributed by atoms with Crippen molar-refractivity contribution in [1.82, 2.24) is 5.32 Å². The van der Waals surface area contributed by atoms with E-state index >= 15 is 0 Å². The third-order valence-electron chi connectivity index (χ3n) is 3.05. The molecule has 5 nitrogen and oxygen atoms in total. The van der Waals surface area contributed by atoms with Gasteiger partial charge in [-0.2, -0.15) is 0 Å². The quantitative estimate of drug-likeness (QED) is 0.768. The van der Waals surface area contributed by atoms with Crippen molar-refractivity contribution in [3.63, 3.8) is 0 Å². The lowest BCUT2D eigenvalue weighted by Crippen LogP contribution is -2.35. The number of carbonyl (C=O) groups excluding carboxylic acids is 1. The smallest absolute Gasteiger partial charge is 0.319 e. The zero-order valence-electron chi connectivity index (χ0n) is 11.8. The number of benzene rings is 1. The highest BCUT2D eigenvalue weighted by molar-refractivity contribution is 9.10. The van der Waals surface area contributed by atoms with Gasteiger partial charge < -0.3 is 15.7 Å². The van der Waals surface area contributed by atoms with Crippen LogP contribution in [0.3, 0.4) is 0 Å². The molecule has 0 aromatic heterocycles. The fourth-order valence-electron chi connectivity index (χ4n) is 1.82. The molecule has 1 aromatic rings. The molecule has 0 aliphatic heterocycles. The zero-order chi connectivity index (χ0) is 15.3. The van der Waals surface area contributed by atoms with Crippen LogP contribution in [-0.4, -0.2) is 23.7 Å². The molecule has 0 saturated carbocycles. The molecule has 1 aromatic carbocycles. The van der Waals surface area contributed by atoms with Crippen molar-refractivity contribution in [2.24, 2.45) is 5.92 Å². The molecule has 0 bridgehead atoms. The summed E-state index contributed by atoms with van der Waals surface area (Å²) in [5.74, 6) is -1.46. The number of amides is 2. The molecular weight excluding hydrogens is 324 g/mol. The third-order valence-corrected chi connectivity index (χ3v) is 4.30. The van der Waals surface area contributed by atoms with Gasteiger partial charge in [-0.1, -0.05) is 22.9 Å². The number of urea groups is 1. The number of anilines is 1. The van der Waals surface area contributed by atoms with Gasteiger partial charge in [0.1, 0.15) is 0 Å². The van der Waals surface area contributed by atoms with Gasteiger partial charge in [0.25, 0.3) is 0 Å². The van der Waals surface area contributed by atoms with E-state index in [0.717, 1.165) is 15.6 Å². The van der Waals surface area contributed by atoms with Gasteiger partial charge in [0.15, 0.2) is 0 Å². The highest BCUT2D eigenvalue weighted by Crippen LogP contribution is 2.24. The predicted molar refractivity (Wildman–Crippen MR) is 82.1 cm³/mol. The fraction of sp³-hybridized carbons (Fsp3) is 0.429. The molecular formula is C14H19BrN2O3. The summed E-state index contributed by atoms with van der Waals surface area (Å²) in [5.41, 5.74) is 2.73. The van der Waals surface area contributed by atoms with E-state index in [1.54, 1.807) is 6.92 Å². The van der Waals surface area contributed by atoms with E-state index in [0.29, 0.717) is 12.1 Å². The number of aliphatic carboxylic acids is 1. The second-order valence-electron chi connectivity index (χ2n) is 4.70. The van der Waals surface area contributed by atoms with Gasteiger partial charge in [0, 0.05) is 16.7 Å². The first kappa shape index (κ1) is 16.5. The lowest BCUT2D eigenvalue weighted by Gasteiger charge is -2.13. The van der Waals surface area contributed by atoms with Crippen LogP contribution in [0.1, 0.15) is 24.5 Å². The Kier molecular flexibility index (Phi) is 6.01. The number of halogens is 1. The molecule has 0 radical (unpaired) electrons. The average Bonchev–Trinajstić information content (AvgIpc) is 2.36. The number of carboxylic acid groups (broad SMARTS) is 1. The molecule has 1 unspecified atom stereocenters. The number of rotatable bonds is 5. The van der Waals surface area contributed by atoms with Gasteiger partial charge in [-0.25, -0.2) is 4.79 Å². The molecule has 2 amide bonds. The first-order valence-corrected chi connectivity index (χ1v) is 7.18. The van der Waals surface area contributed by atoms with Crippen molar-refractivity contribution < 1.29 is 14.7 Å². The molecule has 0 aliphatic carbocycles. The number of hydrogen-bond donors (Lipinski definition) is 3. The zero-order valence-corrected chi connectivity index (χ0v) is 13.4. The van der Waals surface area contributed by atoms with Crippen LogP contribution < -0.4 is 10.6 Å². The Bertz CT molecular complexity index is 494. The second kappa shape index (κ2) is 7.28. The third kappa shape index (κ3) is 4.52. The van der Waals surface area contributed by atoms with Crippen LogP contribution in [0.5, 0.6) is 0 Å². The number of carboxylic acids is 1. The number of nitrogens with one attached hydrogen (secondary N) is 2. The van der Waals surface area contributed by atoms with Crippen molar-refractivity contribution in [1.29, 1.82) is 0 Å². The van der Waals surface area contributed by atoms with E-state index in [1.165, 1.54) is 0 Å². The van der Waals surface area contributed by atoms with E-state index < -0.39 is 17.9 Å². The van der Waals surface area contributed by atoms with Gasteiger partial charge in [-0.05, 0) is 43.5 Å². The lowest BCUT2D eigenvalue weighted by atomic mass is 10.1.